The lowest BCUT2D eigenvalue weighted by Crippen LogP contribution is -2.41. The van der Waals surface area contributed by atoms with E-state index >= 15 is 0 Å². The highest BCUT2D eigenvalue weighted by molar-refractivity contribution is 5.96. The van der Waals surface area contributed by atoms with E-state index in [9.17, 15) is 9.59 Å². The molecule has 4 fully saturated rings. The fourth-order valence-corrected chi connectivity index (χ4v) is 7.26. The number of hydrogen-bond acceptors (Lipinski definition) is 3. The van der Waals surface area contributed by atoms with Gasteiger partial charge in [-0.25, -0.2) is 0 Å². The maximum atomic E-state index is 12.7. The minimum Gasteiger partial charge on any atom is -0.349 e. The molecule has 2 amide bonds. The van der Waals surface area contributed by atoms with Crippen molar-refractivity contribution in [3.63, 3.8) is 0 Å². The van der Waals surface area contributed by atoms with Crippen LogP contribution in [0, 0.1) is 35.5 Å². The fraction of sp³-hybridized carbons (Fsp3) is 0.720. The van der Waals surface area contributed by atoms with Crippen LogP contribution >= 0.6 is 0 Å². The topological polar surface area (TPSA) is 71.1 Å². The van der Waals surface area contributed by atoms with Crippen LogP contribution in [0.1, 0.15) is 86.1 Å². The molecule has 4 bridgehead atoms. The number of fused-ring (bicyclic) bond motifs is 4. The predicted molar refractivity (Wildman–Crippen MR) is 116 cm³/mol. The van der Waals surface area contributed by atoms with E-state index in [0.717, 1.165) is 23.7 Å². The van der Waals surface area contributed by atoms with Gasteiger partial charge in [0.2, 0.25) is 0 Å². The first kappa shape index (κ1) is 20.0. The number of carbonyl (C=O) groups is 2. The molecule has 5 rings (SSSR count). The largest absolute Gasteiger partial charge is 0.349 e. The van der Waals surface area contributed by atoms with Crippen molar-refractivity contribution >= 4 is 11.8 Å². The van der Waals surface area contributed by atoms with Crippen LogP contribution in [0.5, 0.6) is 0 Å². The molecule has 162 valence electrons. The number of nitrogens with zero attached hydrogens (tertiary/aromatic N) is 1. The van der Waals surface area contributed by atoms with Crippen molar-refractivity contribution in [1.82, 2.24) is 15.6 Å². The third kappa shape index (κ3) is 3.76. The van der Waals surface area contributed by atoms with Gasteiger partial charge < -0.3 is 10.6 Å². The number of hydrogen-bond donors (Lipinski definition) is 2. The number of nitrogens with one attached hydrogen (secondary N) is 2. The molecule has 4 saturated carbocycles. The summed E-state index contributed by atoms with van der Waals surface area (Å²) in [5.41, 5.74) is 0.922. The molecular formula is C25H35N3O2. The van der Waals surface area contributed by atoms with Gasteiger partial charge in [0.25, 0.3) is 11.8 Å². The van der Waals surface area contributed by atoms with Gasteiger partial charge in [0, 0.05) is 18.3 Å². The van der Waals surface area contributed by atoms with E-state index in [4.69, 9.17) is 0 Å². The lowest BCUT2D eigenvalue weighted by molar-refractivity contribution is 0.0898. The summed E-state index contributed by atoms with van der Waals surface area (Å²) in [6.07, 6.45) is 12.1. The van der Waals surface area contributed by atoms with Crippen LogP contribution in [0.4, 0.5) is 0 Å². The molecule has 0 aromatic carbocycles. The quantitative estimate of drug-likeness (QED) is 0.740. The average molecular weight is 410 g/mol. The summed E-state index contributed by atoms with van der Waals surface area (Å²) in [5.74, 6) is 4.31. The monoisotopic (exact) mass is 409 g/mol. The van der Waals surface area contributed by atoms with Gasteiger partial charge in [0.1, 0.15) is 5.69 Å². The molecule has 0 saturated heterocycles. The Hall–Kier alpha value is -1.91. The summed E-state index contributed by atoms with van der Waals surface area (Å²) < 4.78 is 0. The molecule has 5 heteroatoms. The minimum absolute atomic E-state index is 0.0833. The lowest BCUT2D eigenvalue weighted by atomic mass is 9.84. The highest BCUT2D eigenvalue weighted by Gasteiger charge is 2.43. The molecule has 2 N–H and O–H groups in total. The van der Waals surface area contributed by atoms with E-state index in [1.807, 2.05) is 0 Å². The number of pyridine rings is 1. The van der Waals surface area contributed by atoms with Crippen LogP contribution < -0.4 is 10.6 Å². The highest BCUT2D eigenvalue weighted by Crippen LogP contribution is 2.50. The smallest absolute Gasteiger partial charge is 0.270 e. The Kier molecular flexibility index (Phi) is 5.32. The summed E-state index contributed by atoms with van der Waals surface area (Å²) >= 11 is 0. The Morgan fingerprint density at radius 3 is 1.83 bits per heavy atom. The standard InChI is InChI=1S/C25H35N3O2/c1-14(21-11-16-3-5-18(21)9-16)27-24(29)20-7-8-23(26-13-20)25(30)28-15(2)22-12-17-4-6-19(22)10-17/h7-8,13-19,21-22H,3-6,9-12H2,1-2H3,(H,27,29)(H,28,30)/t14-,15+,16+,17+,18-,19-,21+,22+/m0/s1. The zero-order valence-corrected chi connectivity index (χ0v) is 18.3. The molecule has 8 atom stereocenters. The second kappa shape index (κ2) is 7.97. The predicted octanol–water partition coefficient (Wildman–Crippen LogP) is 4.19. The molecule has 0 spiro atoms. The van der Waals surface area contributed by atoms with Crippen LogP contribution in [-0.4, -0.2) is 28.9 Å². The fourth-order valence-electron chi connectivity index (χ4n) is 7.26. The van der Waals surface area contributed by atoms with Gasteiger partial charge in [-0.1, -0.05) is 12.8 Å². The molecule has 30 heavy (non-hydrogen) atoms. The Labute approximate surface area is 179 Å². The third-order valence-electron chi connectivity index (χ3n) is 8.85. The molecule has 4 aliphatic rings. The normalized spacial score (nSPS) is 35.9. The van der Waals surface area contributed by atoms with Crippen molar-refractivity contribution < 1.29 is 9.59 Å². The Balaban J connectivity index is 1.15. The summed E-state index contributed by atoms with van der Waals surface area (Å²) in [5, 5.41) is 6.33. The van der Waals surface area contributed by atoms with E-state index < -0.39 is 0 Å². The minimum atomic E-state index is -0.132. The van der Waals surface area contributed by atoms with Crippen molar-refractivity contribution in [3.8, 4) is 0 Å². The van der Waals surface area contributed by atoms with Gasteiger partial charge in [-0.05, 0) is 100 Å². The van der Waals surface area contributed by atoms with Crippen LogP contribution in [0.3, 0.4) is 0 Å². The first-order valence-electron chi connectivity index (χ1n) is 12.1. The highest BCUT2D eigenvalue weighted by atomic mass is 16.2. The zero-order valence-electron chi connectivity index (χ0n) is 18.3. The van der Waals surface area contributed by atoms with Crippen LogP contribution in [0.2, 0.25) is 0 Å². The molecule has 0 unspecified atom stereocenters. The summed E-state index contributed by atoms with van der Waals surface area (Å²) in [6, 6.07) is 3.78. The molecular weight excluding hydrogens is 374 g/mol. The zero-order chi connectivity index (χ0) is 20.8. The summed E-state index contributed by atoms with van der Waals surface area (Å²) in [7, 11) is 0. The van der Waals surface area contributed by atoms with Crippen molar-refractivity contribution in [2.45, 2.75) is 77.3 Å². The van der Waals surface area contributed by atoms with Gasteiger partial charge in [-0.15, -0.1) is 0 Å². The third-order valence-corrected chi connectivity index (χ3v) is 8.85. The van der Waals surface area contributed by atoms with E-state index in [2.05, 4.69) is 29.5 Å². The second-order valence-corrected chi connectivity index (χ2v) is 10.6. The molecule has 5 nitrogen and oxygen atoms in total. The number of rotatable bonds is 6. The summed E-state index contributed by atoms with van der Waals surface area (Å²) in [4.78, 5) is 29.6. The lowest BCUT2D eigenvalue weighted by Gasteiger charge is -2.28. The van der Waals surface area contributed by atoms with Crippen molar-refractivity contribution in [3.05, 3.63) is 29.6 Å². The van der Waals surface area contributed by atoms with Crippen LogP contribution in [-0.2, 0) is 0 Å². The SMILES string of the molecule is C[C@H](NC(=O)c1ccc(C(=O)N[C@H](C)[C@H]2C[C@@H]3CC[C@H]2C3)nc1)[C@H]1C[C@@H]2CC[C@H]1C2. The number of carbonyl (C=O) groups excluding carboxylic acids is 2. The first-order chi connectivity index (χ1) is 14.5. The number of aromatic nitrogens is 1. The molecule has 1 aromatic heterocycles. The molecule has 0 radical (unpaired) electrons. The molecule has 4 aliphatic carbocycles. The van der Waals surface area contributed by atoms with E-state index in [1.165, 1.54) is 51.4 Å². The Morgan fingerprint density at radius 2 is 1.40 bits per heavy atom. The van der Waals surface area contributed by atoms with Crippen LogP contribution in [0.15, 0.2) is 18.3 Å². The van der Waals surface area contributed by atoms with Gasteiger partial charge in [-0.3, -0.25) is 14.6 Å². The van der Waals surface area contributed by atoms with Gasteiger partial charge in [-0.2, -0.15) is 0 Å². The van der Waals surface area contributed by atoms with Crippen LogP contribution in [0.25, 0.3) is 0 Å². The number of amides is 2. The van der Waals surface area contributed by atoms with E-state index in [1.54, 1.807) is 18.3 Å². The second-order valence-electron chi connectivity index (χ2n) is 10.6. The Bertz CT molecular complexity index is 740. The average Bonchev–Trinajstić information content (AvgIpc) is 3.55. The molecule has 1 aromatic rings. The van der Waals surface area contributed by atoms with Gasteiger partial charge >= 0.3 is 0 Å². The van der Waals surface area contributed by atoms with E-state index in [0.29, 0.717) is 23.1 Å². The summed E-state index contributed by atoms with van der Waals surface area (Å²) in [6.45, 7) is 4.26. The van der Waals surface area contributed by atoms with Gasteiger partial charge in [0.05, 0.1) is 5.56 Å². The molecule has 1 heterocycles. The maximum absolute atomic E-state index is 12.7. The molecule has 0 aliphatic heterocycles. The van der Waals surface area contributed by atoms with Gasteiger partial charge in [0.15, 0.2) is 0 Å². The Morgan fingerprint density at radius 1 is 0.833 bits per heavy atom. The van der Waals surface area contributed by atoms with Crippen molar-refractivity contribution in [1.29, 1.82) is 0 Å². The van der Waals surface area contributed by atoms with E-state index in [-0.39, 0.29) is 23.9 Å². The maximum Gasteiger partial charge on any atom is 0.270 e. The first-order valence-corrected chi connectivity index (χ1v) is 12.1. The van der Waals surface area contributed by atoms with Crippen molar-refractivity contribution in [2.24, 2.45) is 35.5 Å². The van der Waals surface area contributed by atoms with Crippen molar-refractivity contribution in [2.75, 3.05) is 0 Å².